The molecular weight excluding hydrogens is 391 g/mol. The first-order valence-corrected chi connectivity index (χ1v) is 7.11. The largest absolute Gasteiger partial charge is 0.493 e. The van der Waals surface area contributed by atoms with E-state index in [1.54, 1.807) is 0 Å². The number of ether oxygens (including phenoxy) is 1. The molecule has 0 fully saturated rings. The molecule has 1 aliphatic heterocycles. The van der Waals surface area contributed by atoms with Crippen LogP contribution in [-0.2, 0) is 13.6 Å². The lowest BCUT2D eigenvalue weighted by Crippen LogP contribution is -2.37. The van der Waals surface area contributed by atoms with Crippen LogP contribution in [0.2, 0.25) is 0 Å². The SMILES string of the molecule is Cn1ccc(CN=C(N)NC2CCOc3ccccc32)c1.I. The second kappa shape index (κ2) is 7.53. The number of aliphatic imine (C=N–C) groups is 1. The second-order valence-electron chi connectivity index (χ2n) is 5.26. The number of hydrogen-bond acceptors (Lipinski definition) is 2. The van der Waals surface area contributed by atoms with Crippen LogP contribution >= 0.6 is 24.0 Å². The summed E-state index contributed by atoms with van der Waals surface area (Å²) in [7, 11) is 1.99. The number of hydrogen-bond donors (Lipinski definition) is 2. The first-order valence-electron chi connectivity index (χ1n) is 7.11. The van der Waals surface area contributed by atoms with Crippen molar-refractivity contribution in [3.63, 3.8) is 0 Å². The number of guanidine groups is 1. The van der Waals surface area contributed by atoms with Gasteiger partial charge >= 0.3 is 0 Å². The average Bonchev–Trinajstić information content (AvgIpc) is 2.91. The Morgan fingerprint density at radius 1 is 1.41 bits per heavy atom. The van der Waals surface area contributed by atoms with Crippen LogP contribution < -0.4 is 15.8 Å². The van der Waals surface area contributed by atoms with Crippen molar-refractivity contribution in [3.05, 3.63) is 53.9 Å². The number of nitrogens with one attached hydrogen (secondary N) is 1. The molecule has 6 heteroatoms. The first-order chi connectivity index (χ1) is 10.2. The van der Waals surface area contributed by atoms with Crippen LogP contribution in [0.15, 0.2) is 47.7 Å². The van der Waals surface area contributed by atoms with Gasteiger partial charge in [-0.1, -0.05) is 18.2 Å². The van der Waals surface area contributed by atoms with Crippen molar-refractivity contribution in [2.75, 3.05) is 6.61 Å². The molecular formula is C16H21IN4O. The Morgan fingerprint density at radius 2 is 2.23 bits per heavy atom. The van der Waals surface area contributed by atoms with E-state index in [0.29, 0.717) is 19.1 Å². The molecule has 0 bridgehead atoms. The van der Waals surface area contributed by atoms with Crippen molar-refractivity contribution in [2.45, 2.75) is 19.0 Å². The summed E-state index contributed by atoms with van der Waals surface area (Å²) < 4.78 is 7.65. The van der Waals surface area contributed by atoms with Gasteiger partial charge in [0.25, 0.3) is 0 Å². The van der Waals surface area contributed by atoms with Crippen LogP contribution in [0.4, 0.5) is 0 Å². The maximum Gasteiger partial charge on any atom is 0.189 e. The molecule has 118 valence electrons. The van der Waals surface area contributed by atoms with E-state index in [1.165, 1.54) is 0 Å². The van der Waals surface area contributed by atoms with Crippen molar-refractivity contribution >= 4 is 29.9 Å². The van der Waals surface area contributed by atoms with Gasteiger partial charge in [-0.3, -0.25) is 0 Å². The van der Waals surface area contributed by atoms with Crippen LogP contribution in [0, 0.1) is 0 Å². The van der Waals surface area contributed by atoms with E-state index in [1.807, 2.05) is 48.3 Å². The molecule has 0 aliphatic carbocycles. The maximum absolute atomic E-state index is 6.01. The van der Waals surface area contributed by atoms with Crippen LogP contribution in [0.5, 0.6) is 5.75 Å². The Kier molecular flexibility index (Phi) is 5.70. The Bertz CT molecular complexity index is 653. The number of aryl methyl sites for hydroxylation is 1. The van der Waals surface area contributed by atoms with Gasteiger partial charge in [0.1, 0.15) is 5.75 Å². The van der Waals surface area contributed by atoms with E-state index in [0.717, 1.165) is 23.3 Å². The van der Waals surface area contributed by atoms with E-state index in [2.05, 4.69) is 16.4 Å². The number of para-hydroxylation sites is 1. The van der Waals surface area contributed by atoms with Crippen molar-refractivity contribution in [3.8, 4) is 5.75 Å². The van der Waals surface area contributed by atoms with Gasteiger partial charge < -0.3 is 20.4 Å². The van der Waals surface area contributed by atoms with Crippen molar-refractivity contribution < 1.29 is 4.74 Å². The minimum absolute atomic E-state index is 0. The highest BCUT2D eigenvalue weighted by atomic mass is 127. The van der Waals surface area contributed by atoms with Crippen LogP contribution in [0.3, 0.4) is 0 Å². The molecule has 0 saturated carbocycles. The molecule has 1 unspecified atom stereocenters. The topological polar surface area (TPSA) is 64.6 Å². The number of aromatic nitrogens is 1. The highest BCUT2D eigenvalue weighted by Crippen LogP contribution is 2.31. The fourth-order valence-electron chi connectivity index (χ4n) is 2.55. The number of fused-ring (bicyclic) bond motifs is 1. The summed E-state index contributed by atoms with van der Waals surface area (Å²) in [5.74, 6) is 1.40. The molecule has 0 radical (unpaired) electrons. The van der Waals surface area contributed by atoms with Crippen LogP contribution in [0.1, 0.15) is 23.6 Å². The second-order valence-corrected chi connectivity index (χ2v) is 5.26. The van der Waals surface area contributed by atoms with Gasteiger partial charge in [-0.05, 0) is 17.7 Å². The van der Waals surface area contributed by atoms with Crippen molar-refractivity contribution in [1.82, 2.24) is 9.88 Å². The standard InChI is InChI=1S/C16H20N4O.HI/c1-20-8-6-12(11-20)10-18-16(17)19-14-7-9-21-15-5-3-2-4-13(14)15;/h2-6,8,11,14H,7,9-10H2,1H3,(H3,17,18,19);1H. The van der Waals surface area contributed by atoms with E-state index in [4.69, 9.17) is 10.5 Å². The molecule has 0 spiro atoms. The summed E-state index contributed by atoms with van der Waals surface area (Å²) in [6.07, 6.45) is 4.93. The van der Waals surface area contributed by atoms with E-state index in [9.17, 15) is 0 Å². The molecule has 3 N–H and O–H groups in total. The fraction of sp³-hybridized carbons (Fsp3) is 0.312. The van der Waals surface area contributed by atoms with Gasteiger partial charge in [0.15, 0.2) is 5.96 Å². The molecule has 1 aliphatic rings. The quantitative estimate of drug-likeness (QED) is 0.463. The number of halogens is 1. The third-order valence-corrected chi connectivity index (χ3v) is 3.61. The lowest BCUT2D eigenvalue weighted by molar-refractivity contribution is 0.262. The number of benzene rings is 1. The van der Waals surface area contributed by atoms with Crippen LogP contribution in [-0.4, -0.2) is 17.1 Å². The summed E-state index contributed by atoms with van der Waals surface area (Å²) in [4.78, 5) is 4.40. The van der Waals surface area contributed by atoms with Gasteiger partial charge in [-0.25, -0.2) is 4.99 Å². The van der Waals surface area contributed by atoms with Crippen molar-refractivity contribution in [2.24, 2.45) is 17.8 Å². The molecule has 0 amide bonds. The summed E-state index contributed by atoms with van der Waals surface area (Å²) in [6, 6.07) is 10.3. The predicted octanol–water partition coefficient (Wildman–Crippen LogP) is 2.57. The summed E-state index contributed by atoms with van der Waals surface area (Å²) in [5.41, 5.74) is 8.30. The lowest BCUT2D eigenvalue weighted by atomic mass is 10.0. The molecule has 1 aromatic carbocycles. The van der Waals surface area contributed by atoms with Gasteiger partial charge in [0, 0.05) is 31.4 Å². The highest BCUT2D eigenvalue weighted by Gasteiger charge is 2.21. The molecule has 22 heavy (non-hydrogen) atoms. The molecule has 1 aromatic heterocycles. The molecule has 0 saturated heterocycles. The van der Waals surface area contributed by atoms with Gasteiger partial charge in [-0.2, -0.15) is 0 Å². The zero-order chi connectivity index (χ0) is 14.7. The average molecular weight is 412 g/mol. The normalized spacial score (nSPS) is 17.1. The number of nitrogens with zero attached hydrogens (tertiary/aromatic N) is 2. The summed E-state index contributed by atoms with van der Waals surface area (Å²) in [6.45, 7) is 1.28. The number of rotatable bonds is 3. The predicted molar refractivity (Wildman–Crippen MR) is 98.6 cm³/mol. The molecule has 2 heterocycles. The smallest absolute Gasteiger partial charge is 0.189 e. The third kappa shape index (κ3) is 3.94. The highest BCUT2D eigenvalue weighted by molar-refractivity contribution is 14.0. The Balaban J connectivity index is 0.00000176. The summed E-state index contributed by atoms with van der Waals surface area (Å²) >= 11 is 0. The molecule has 5 nitrogen and oxygen atoms in total. The van der Waals surface area contributed by atoms with E-state index >= 15 is 0 Å². The molecule has 1 atom stereocenters. The Morgan fingerprint density at radius 3 is 3.00 bits per heavy atom. The monoisotopic (exact) mass is 412 g/mol. The van der Waals surface area contributed by atoms with Gasteiger partial charge in [-0.15, -0.1) is 24.0 Å². The number of nitrogens with two attached hydrogens (primary N) is 1. The van der Waals surface area contributed by atoms with Gasteiger partial charge in [0.2, 0.25) is 0 Å². The summed E-state index contributed by atoms with van der Waals surface area (Å²) in [5, 5.41) is 3.29. The minimum Gasteiger partial charge on any atom is -0.493 e. The van der Waals surface area contributed by atoms with Gasteiger partial charge in [0.05, 0.1) is 19.2 Å². The minimum atomic E-state index is 0. The molecule has 2 aromatic rings. The zero-order valence-corrected chi connectivity index (χ0v) is 14.9. The third-order valence-electron chi connectivity index (χ3n) is 3.61. The lowest BCUT2D eigenvalue weighted by Gasteiger charge is -2.26. The maximum atomic E-state index is 6.01. The zero-order valence-electron chi connectivity index (χ0n) is 12.5. The molecule has 3 rings (SSSR count). The van der Waals surface area contributed by atoms with E-state index in [-0.39, 0.29) is 30.0 Å². The fourth-order valence-corrected chi connectivity index (χ4v) is 2.55. The van der Waals surface area contributed by atoms with Crippen LogP contribution in [0.25, 0.3) is 0 Å². The first kappa shape index (κ1) is 16.7. The Labute approximate surface area is 147 Å². The Hall–Kier alpha value is -1.70. The van der Waals surface area contributed by atoms with Crippen molar-refractivity contribution in [1.29, 1.82) is 0 Å². The van der Waals surface area contributed by atoms with E-state index < -0.39 is 0 Å².